The van der Waals surface area contributed by atoms with Gasteiger partial charge in [0.05, 0.1) is 17.1 Å². The van der Waals surface area contributed by atoms with Crippen LogP contribution in [0.5, 0.6) is 11.5 Å². The van der Waals surface area contributed by atoms with E-state index in [2.05, 4.69) is 16.0 Å². The second-order valence-corrected chi connectivity index (χ2v) is 9.25. The van der Waals surface area contributed by atoms with Crippen LogP contribution in [0.15, 0.2) is 12.1 Å². The molecule has 0 saturated carbocycles. The Bertz CT molecular complexity index is 778. The molecule has 4 rings (SSSR count). The number of ether oxygens (including phenoxy) is 2. The average molecular weight is 440 g/mol. The summed E-state index contributed by atoms with van der Waals surface area (Å²) in [5.74, 6) is 2.32. The summed E-state index contributed by atoms with van der Waals surface area (Å²) in [4.78, 5) is 23.5. The molecule has 2 saturated heterocycles. The smallest absolute Gasteiger partial charge is 0.315 e. The highest BCUT2D eigenvalue weighted by Crippen LogP contribution is 2.38. The number of amides is 3. The molecule has 0 spiro atoms. The Labute approximate surface area is 179 Å². The number of unbranched alkanes of at least 4 members (excludes halogenated alkanes) is 1. The number of fused-ring (bicyclic) bond motifs is 2. The van der Waals surface area contributed by atoms with Gasteiger partial charge in [0.15, 0.2) is 11.5 Å². The number of carbonyl (C=O) groups excluding carboxylic acids is 2. The first-order valence-corrected chi connectivity index (χ1v) is 11.6. The fraction of sp³-hybridized carbons (Fsp3) is 0.600. The summed E-state index contributed by atoms with van der Waals surface area (Å²) in [6.45, 7) is 1.59. The largest absolute Gasteiger partial charge is 0.486 e. The first-order chi connectivity index (χ1) is 14.1. The highest BCUT2D eigenvalue weighted by atomic mass is 35.5. The molecule has 7 nitrogen and oxygen atoms in total. The van der Waals surface area contributed by atoms with Crippen LogP contribution in [0.2, 0.25) is 5.02 Å². The standard InChI is InChI=1S/C20H26ClN3O4S/c21-13-9-12(10-15-19(13)28-8-7-27-15)5-6-22-17(25)4-2-1-3-16-18-14(11-29-16)23-20(26)24-18/h9-10,14,16,18H,1-8,11H2,(H,22,25)(H2,23,24,26)/t14-,16-,18+/m0/s1. The van der Waals surface area contributed by atoms with Crippen molar-refractivity contribution in [2.24, 2.45) is 0 Å². The summed E-state index contributed by atoms with van der Waals surface area (Å²) in [6.07, 6.45) is 4.09. The quantitative estimate of drug-likeness (QED) is 0.428. The Morgan fingerprint density at radius 2 is 2.10 bits per heavy atom. The van der Waals surface area contributed by atoms with Crippen molar-refractivity contribution in [3.05, 3.63) is 22.7 Å². The maximum Gasteiger partial charge on any atom is 0.315 e. The Balaban J connectivity index is 1.12. The molecule has 0 radical (unpaired) electrons. The molecule has 3 aliphatic rings. The number of urea groups is 1. The fourth-order valence-electron chi connectivity index (χ4n) is 4.02. The second-order valence-electron chi connectivity index (χ2n) is 7.57. The lowest BCUT2D eigenvalue weighted by Crippen LogP contribution is -2.36. The molecule has 3 heterocycles. The van der Waals surface area contributed by atoms with Crippen LogP contribution in [-0.2, 0) is 11.2 Å². The molecule has 3 aliphatic heterocycles. The molecule has 2 fully saturated rings. The summed E-state index contributed by atoms with van der Waals surface area (Å²) in [6, 6.07) is 4.23. The van der Waals surface area contributed by atoms with E-state index in [-0.39, 0.29) is 24.0 Å². The van der Waals surface area contributed by atoms with E-state index in [1.165, 1.54) is 0 Å². The summed E-state index contributed by atoms with van der Waals surface area (Å²) >= 11 is 8.16. The normalized spacial score (nSPS) is 24.6. The number of rotatable bonds is 8. The van der Waals surface area contributed by atoms with Crippen molar-refractivity contribution in [3.8, 4) is 11.5 Å². The Kier molecular flexibility index (Phi) is 6.60. The van der Waals surface area contributed by atoms with Gasteiger partial charge in [-0.3, -0.25) is 4.79 Å². The molecule has 0 unspecified atom stereocenters. The summed E-state index contributed by atoms with van der Waals surface area (Å²) in [7, 11) is 0. The maximum atomic E-state index is 12.1. The van der Waals surface area contributed by atoms with E-state index in [0.717, 1.165) is 30.6 Å². The van der Waals surface area contributed by atoms with Crippen molar-refractivity contribution < 1.29 is 19.1 Å². The minimum Gasteiger partial charge on any atom is -0.486 e. The SMILES string of the molecule is O=C(CCCC[C@@H]1SC[C@@H]2NC(=O)N[C@H]21)NCCc1cc(Cl)c2c(c1)OCCO2. The maximum absolute atomic E-state index is 12.1. The Hall–Kier alpha value is -1.80. The van der Waals surface area contributed by atoms with Gasteiger partial charge in [-0.1, -0.05) is 18.0 Å². The Morgan fingerprint density at radius 3 is 3.00 bits per heavy atom. The van der Waals surface area contributed by atoms with E-state index in [4.69, 9.17) is 21.1 Å². The molecular weight excluding hydrogens is 414 g/mol. The number of carbonyl (C=O) groups is 2. The molecule has 29 heavy (non-hydrogen) atoms. The third-order valence-corrected chi connectivity index (χ3v) is 7.26. The Morgan fingerprint density at radius 1 is 1.24 bits per heavy atom. The monoisotopic (exact) mass is 439 g/mol. The summed E-state index contributed by atoms with van der Waals surface area (Å²) in [5, 5.41) is 9.93. The third-order valence-electron chi connectivity index (χ3n) is 5.47. The highest BCUT2D eigenvalue weighted by Gasteiger charge is 2.42. The molecular formula is C20H26ClN3O4S. The van der Waals surface area contributed by atoms with Gasteiger partial charge in [0, 0.05) is 24.0 Å². The molecule has 0 bridgehead atoms. The summed E-state index contributed by atoms with van der Waals surface area (Å²) < 4.78 is 11.1. The van der Waals surface area contributed by atoms with Crippen molar-refractivity contribution in [1.82, 2.24) is 16.0 Å². The van der Waals surface area contributed by atoms with Gasteiger partial charge in [0.2, 0.25) is 5.91 Å². The number of hydrogen-bond acceptors (Lipinski definition) is 5. The predicted octanol–water partition coefficient (Wildman–Crippen LogP) is 2.50. The zero-order valence-corrected chi connectivity index (χ0v) is 17.7. The average Bonchev–Trinajstić information content (AvgIpc) is 3.25. The molecule has 1 aromatic carbocycles. The van der Waals surface area contributed by atoms with E-state index in [1.54, 1.807) is 0 Å². The molecule has 0 aliphatic carbocycles. The van der Waals surface area contributed by atoms with Crippen molar-refractivity contribution >= 4 is 35.3 Å². The van der Waals surface area contributed by atoms with Crippen LogP contribution in [0.4, 0.5) is 4.79 Å². The number of nitrogens with one attached hydrogen (secondary N) is 3. The van der Waals surface area contributed by atoms with E-state index < -0.39 is 0 Å². The van der Waals surface area contributed by atoms with Gasteiger partial charge in [-0.25, -0.2) is 4.79 Å². The topological polar surface area (TPSA) is 88.7 Å². The van der Waals surface area contributed by atoms with Crippen LogP contribution in [0.3, 0.4) is 0 Å². The van der Waals surface area contributed by atoms with Crippen molar-refractivity contribution in [2.75, 3.05) is 25.5 Å². The molecule has 0 aromatic heterocycles. The molecule has 1 aromatic rings. The van der Waals surface area contributed by atoms with Gasteiger partial charge in [0.1, 0.15) is 13.2 Å². The van der Waals surface area contributed by atoms with E-state index in [0.29, 0.717) is 54.4 Å². The molecule has 3 atom stereocenters. The first kappa shape index (κ1) is 20.5. The number of benzene rings is 1. The molecule has 3 N–H and O–H groups in total. The van der Waals surface area contributed by atoms with Gasteiger partial charge >= 0.3 is 6.03 Å². The van der Waals surface area contributed by atoms with Crippen LogP contribution >= 0.6 is 23.4 Å². The molecule has 3 amide bonds. The number of thioether (sulfide) groups is 1. The van der Waals surface area contributed by atoms with Crippen molar-refractivity contribution in [3.63, 3.8) is 0 Å². The zero-order chi connectivity index (χ0) is 20.2. The molecule has 158 valence electrons. The first-order valence-electron chi connectivity index (χ1n) is 10.1. The third kappa shape index (κ3) is 5.04. The van der Waals surface area contributed by atoms with Gasteiger partial charge in [-0.2, -0.15) is 11.8 Å². The summed E-state index contributed by atoms with van der Waals surface area (Å²) in [5.41, 5.74) is 1.01. The van der Waals surface area contributed by atoms with Crippen molar-refractivity contribution in [2.45, 2.75) is 49.4 Å². The lowest BCUT2D eigenvalue weighted by molar-refractivity contribution is -0.121. The number of hydrogen-bond donors (Lipinski definition) is 3. The lowest BCUT2D eigenvalue weighted by atomic mass is 10.0. The van der Waals surface area contributed by atoms with E-state index >= 15 is 0 Å². The van der Waals surface area contributed by atoms with Crippen LogP contribution < -0.4 is 25.4 Å². The van der Waals surface area contributed by atoms with Crippen LogP contribution in [0.25, 0.3) is 0 Å². The van der Waals surface area contributed by atoms with E-state index in [1.807, 2.05) is 23.9 Å². The lowest BCUT2D eigenvalue weighted by Gasteiger charge is -2.20. The second kappa shape index (κ2) is 9.34. The van der Waals surface area contributed by atoms with Crippen molar-refractivity contribution in [1.29, 1.82) is 0 Å². The van der Waals surface area contributed by atoms with Gasteiger partial charge in [-0.05, 0) is 37.0 Å². The van der Waals surface area contributed by atoms with Gasteiger partial charge in [-0.15, -0.1) is 0 Å². The van der Waals surface area contributed by atoms with Crippen LogP contribution in [-0.4, -0.2) is 54.8 Å². The zero-order valence-electron chi connectivity index (χ0n) is 16.2. The minimum atomic E-state index is -0.0519. The van der Waals surface area contributed by atoms with Crippen LogP contribution in [0, 0.1) is 0 Å². The fourth-order valence-corrected chi connectivity index (χ4v) is 5.85. The molecule has 9 heteroatoms. The van der Waals surface area contributed by atoms with Crippen LogP contribution in [0.1, 0.15) is 31.2 Å². The minimum absolute atomic E-state index is 0.0519. The number of halogens is 1. The van der Waals surface area contributed by atoms with Gasteiger partial charge < -0.3 is 25.4 Å². The van der Waals surface area contributed by atoms with E-state index in [9.17, 15) is 9.59 Å². The predicted molar refractivity (Wildman–Crippen MR) is 113 cm³/mol. The highest BCUT2D eigenvalue weighted by molar-refractivity contribution is 8.00. The van der Waals surface area contributed by atoms with Gasteiger partial charge in [0.25, 0.3) is 0 Å².